The quantitative estimate of drug-likeness (QED) is 0.816. The Kier molecular flexibility index (Phi) is 4.49. The monoisotopic (exact) mass is 355 g/mol. The Hall–Kier alpha value is -1.91. The van der Waals surface area contributed by atoms with Gasteiger partial charge >= 0.3 is 0 Å². The average Bonchev–Trinajstić information content (AvgIpc) is 3.23. The Balaban J connectivity index is 1.38. The molecule has 3 fully saturated rings. The van der Waals surface area contributed by atoms with Gasteiger partial charge in [-0.15, -0.1) is 0 Å². The summed E-state index contributed by atoms with van der Waals surface area (Å²) in [6, 6.07) is 3.93. The fourth-order valence-electron chi connectivity index (χ4n) is 4.51. The Morgan fingerprint density at radius 2 is 2.08 bits per heavy atom. The number of piperidine rings is 1. The Morgan fingerprint density at radius 1 is 1.23 bits per heavy atom. The number of aromatic nitrogens is 1. The van der Waals surface area contributed by atoms with Gasteiger partial charge in [0.2, 0.25) is 11.8 Å². The molecule has 5 nitrogen and oxygen atoms in total. The van der Waals surface area contributed by atoms with Gasteiger partial charge in [0.1, 0.15) is 0 Å². The van der Waals surface area contributed by atoms with Gasteiger partial charge in [0.05, 0.1) is 5.41 Å². The summed E-state index contributed by atoms with van der Waals surface area (Å²) in [7, 11) is 0. The van der Waals surface area contributed by atoms with Crippen LogP contribution in [0.2, 0.25) is 0 Å². The number of nitrogens with zero attached hydrogens (tertiary/aromatic N) is 3. The van der Waals surface area contributed by atoms with E-state index in [0.29, 0.717) is 24.9 Å². The third-order valence-corrected chi connectivity index (χ3v) is 6.67. The molecular weight excluding hydrogens is 326 g/mol. The van der Waals surface area contributed by atoms with Crippen LogP contribution in [0.15, 0.2) is 24.5 Å². The molecule has 0 N–H and O–H groups in total. The molecule has 0 bridgehead atoms. The highest BCUT2D eigenvalue weighted by atomic mass is 16.2. The van der Waals surface area contributed by atoms with Crippen LogP contribution in [0, 0.1) is 10.8 Å². The molecule has 140 valence electrons. The standard InChI is InChI=1S/C21H29N3O2/c1-20(8-9-20)7-5-18(25)24-13-10-21(16-24)6-3-12-23(19(21)26)15-17-4-2-11-22-14-17/h2,4,11,14H,3,5-10,12-13,15-16H2,1H3/t21-/m1/s1. The molecule has 0 aromatic carbocycles. The second-order valence-corrected chi connectivity index (χ2v) is 8.85. The fourth-order valence-corrected chi connectivity index (χ4v) is 4.51. The fraction of sp³-hybridized carbons (Fsp3) is 0.667. The smallest absolute Gasteiger partial charge is 0.230 e. The van der Waals surface area contributed by atoms with Crippen LogP contribution >= 0.6 is 0 Å². The molecule has 1 saturated carbocycles. The van der Waals surface area contributed by atoms with Crippen LogP contribution in [0.1, 0.15) is 57.4 Å². The van der Waals surface area contributed by atoms with Gasteiger partial charge in [0, 0.05) is 45.0 Å². The third kappa shape index (κ3) is 3.49. The largest absolute Gasteiger partial charge is 0.342 e. The van der Waals surface area contributed by atoms with Gasteiger partial charge in [-0.2, -0.15) is 0 Å². The number of pyridine rings is 1. The molecule has 5 heteroatoms. The number of hydrogen-bond acceptors (Lipinski definition) is 3. The third-order valence-electron chi connectivity index (χ3n) is 6.67. The van der Waals surface area contributed by atoms with Crippen molar-refractivity contribution in [3.05, 3.63) is 30.1 Å². The van der Waals surface area contributed by atoms with Crippen LogP contribution in [0.5, 0.6) is 0 Å². The molecule has 26 heavy (non-hydrogen) atoms. The first-order valence-electron chi connectivity index (χ1n) is 9.96. The van der Waals surface area contributed by atoms with Gasteiger partial charge < -0.3 is 9.80 Å². The van der Waals surface area contributed by atoms with Crippen LogP contribution in [0.4, 0.5) is 0 Å². The lowest BCUT2D eigenvalue weighted by molar-refractivity contribution is -0.146. The van der Waals surface area contributed by atoms with Crippen molar-refractivity contribution in [2.45, 2.75) is 58.4 Å². The van der Waals surface area contributed by atoms with E-state index in [1.807, 2.05) is 28.1 Å². The van der Waals surface area contributed by atoms with Crippen LogP contribution in [0.3, 0.4) is 0 Å². The van der Waals surface area contributed by atoms with E-state index < -0.39 is 0 Å². The first-order valence-corrected chi connectivity index (χ1v) is 9.96. The van der Waals surface area contributed by atoms with Crippen molar-refractivity contribution in [2.24, 2.45) is 10.8 Å². The van der Waals surface area contributed by atoms with Crippen LogP contribution in [-0.2, 0) is 16.1 Å². The van der Waals surface area contributed by atoms with Gasteiger partial charge in [0.25, 0.3) is 0 Å². The molecule has 0 radical (unpaired) electrons. The molecule has 4 rings (SSSR count). The van der Waals surface area contributed by atoms with E-state index in [4.69, 9.17) is 0 Å². The minimum absolute atomic E-state index is 0.233. The molecule has 1 atom stereocenters. The highest BCUT2D eigenvalue weighted by molar-refractivity contribution is 5.86. The molecule has 3 heterocycles. The normalized spacial score (nSPS) is 27.2. The molecule has 2 aliphatic heterocycles. The van der Waals surface area contributed by atoms with E-state index in [2.05, 4.69) is 11.9 Å². The molecule has 0 unspecified atom stereocenters. The molecule has 1 aliphatic carbocycles. The predicted octanol–water partition coefficient (Wildman–Crippen LogP) is 3.00. The summed E-state index contributed by atoms with van der Waals surface area (Å²) in [5.74, 6) is 0.476. The summed E-state index contributed by atoms with van der Waals surface area (Å²) in [4.78, 5) is 33.9. The van der Waals surface area contributed by atoms with E-state index in [-0.39, 0.29) is 17.2 Å². The second-order valence-electron chi connectivity index (χ2n) is 8.85. The topological polar surface area (TPSA) is 53.5 Å². The van der Waals surface area contributed by atoms with E-state index in [9.17, 15) is 9.59 Å². The summed E-state index contributed by atoms with van der Waals surface area (Å²) in [5.41, 5.74) is 1.13. The van der Waals surface area contributed by atoms with Gasteiger partial charge in [-0.05, 0) is 55.6 Å². The van der Waals surface area contributed by atoms with Crippen LogP contribution in [-0.4, -0.2) is 46.2 Å². The highest BCUT2D eigenvalue weighted by Crippen LogP contribution is 2.49. The first kappa shape index (κ1) is 17.5. The van der Waals surface area contributed by atoms with E-state index in [1.165, 1.54) is 12.8 Å². The van der Waals surface area contributed by atoms with Gasteiger partial charge in [-0.25, -0.2) is 0 Å². The maximum Gasteiger partial charge on any atom is 0.230 e. The predicted molar refractivity (Wildman–Crippen MR) is 99.1 cm³/mol. The number of rotatable bonds is 5. The summed E-state index contributed by atoms with van der Waals surface area (Å²) in [6.45, 7) is 5.06. The lowest BCUT2D eigenvalue weighted by atomic mass is 9.78. The zero-order chi connectivity index (χ0) is 18.2. The van der Waals surface area contributed by atoms with Crippen molar-refractivity contribution >= 4 is 11.8 Å². The molecular formula is C21H29N3O2. The van der Waals surface area contributed by atoms with Crippen molar-refractivity contribution in [3.8, 4) is 0 Å². The summed E-state index contributed by atoms with van der Waals surface area (Å²) < 4.78 is 0. The number of likely N-dealkylation sites (tertiary alicyclic amines) is 2. The van der Waals surface area contributed by atoms with E-state index in [1.54, 1.807) is 6.20 Å². The minimum atomic E-state index is -0.348. The maximum atomic E-state index is 13.2. The maximum absolute atomic E-state index is 13.2. The first-order chi connectivity index (χ1) is 12.5. The zero-order valence-corrected chi connectivity index (χ0v) is 15.7. The van der Waals surface area contributed by atoms with Crippen LogP contribution in [0.25, 0.3) is 0 Å². The van der Waals surface area contributed by atoms with Crippen molar-refractivity contribution in [3.63, 3.8) is 0 Å². The summed E-state index contributed by atoms with van der Waals surface area (Å²) in [6.07, 6.45) is 10.5. The SMILES string of the molecule is CC1(CCC(=O)N2CC[C@]3(CCCN(Cc4cccnc4)C3=O)C2)CC1. The van der Waals surface area contributed by atoms with Gasteiger partial charge in [0.15, 0.2) is 0 Å². The highest BCUT2D eigenvalue weighted by Gasteiger charge is 2.49. The lowest BCUT2D eigenvalue weighted by Gasteiger charge is -2.39. The van der Waals surface area contributed by atoms with Gasteiger partial charge in [-0.3, -0.25) is 14.6 Å². The Bertz CT molecular complexity index is 686. The second kappa shape index (κ2) is 6.67. The molecule has 1 aromatic heterocycles. The van der Waals surface area contributed by atoms with Crippen molar-refractivity contribution in [2.75, 3.05) is 19.6 Å². The Morgan fingerprint density at radius 3 is 2.81 bits per heavy atom. The van der Waals surface area contributed by atoms with Crippen molar-refractivity contribution in [1.29, 1.82) is 0 Å². The van der Waals surface area contributed by atoms with Crippen LogP contribution < -0.4 is 0 Å². The number of carbonyl (C=O) groups excluding carboxylic acids is 2. The molecule has 3 aliphatic rings. The molecule has 2 saturated heterocycles. The lowest BCUT2D eigenvalue weighted by Crippen LogP contribution is -2.50. The minimum Gasteiger partial charge on any atom is -0.342 e. The number of carbonyl (C=O) groups is 2. The Labute approximate surface area is 155 Å². The molecule has 2 amide bonds. The molecule has 1 aromatic rings. The summed E-state index contributed by atoms with van der Waals surface area (Å²) >= 11 is 0. The van der Waals surface area contributed by atoms with E-state index >= 15 is 0 Å². The average molecular weight is 355 g/mol. The zero-order valence-electron chi connectivity index (χ0n) is 15.7. The summed E-state index contributed by atoms with van der Waals surface area (Å²) in [5, 5.41) is 0. The van der Waals surface area contributed by atoms with E-state index in [0.717, 1.165) is 44.3 Å². The molecule has 1 spiro atoms. The number of hydrogen-bond donors (Lipinski definition) is 0. The van der Waals surface area contributed by atoms with Gasteiger partial charge in [-0.1, -0.05) is 13.0 Å². The number of amides is 2. The van der Waals surface area contributed by atoms with Crippen molar-refractivity contribution in [1.82, 2.24) is 14.8 Å². The van der Waals surface area contributed by atoms with Crippen molar-refractivity contribution < 1.29 is 9.59 Å².